The van der Waals surface area contributed by atoms with Gasteiger partial charge in [0.2, 0.25) is 0 Å². The molecule has 0 saturated carbocycles. The zero-order valence-electron chi connectivity index (χ0n) is 12.5. The van der Waals surface area contributed by atoms with Crippen LogP contribution in [0.4, 0.5) is 0 Å². The number of nitrogens with one attached hydrogen (secondary N) is 1. The van der Waals surface area contributed by atoms with E-state index in [1.165, 1.54) is 37.1 Å². The first-order valence-electron chi connectivity index (χ1n) is 7.59. The van der Waals surface area contributed by atoms with E-state index in [2.05, 4.69) is 42.0 Å². The van der Waals surface area contributed by atoms with Crippen LogP contribution in [0.25, 0.3) is 0 Å². The van der Waals surface area contributed by atoms with E-state index >= 15 is 0 Å². The van der Waals surface area contributed by atoms with Gasteiger partial charge >= 0.3 is 0 Å². The van der Waals surface area contributed by atoms with Gasteiger partial charge in [-0.25, -0.2) is 0 Å². The molecule has 106 valence electrons. The van der Waals surface area contributed by atoms with E-state index in [-0.39, 0.29) is 0 Å². The summed E-state index contributed by atoms with van der Waals surface area (Å²) >= 11 is 0. The van der Waals surface area contributed by atoms with Crippen molar-refractivity contribution in [3.63, 3.8) is 0 Å². The topological polar surface area (TPSA) is 28.2 Å². The Balaban J connectivity index is 1.92. The molecule has 19 heavy (non-hydrogen) atoms. The third kappa shape index (κ3) is 4.02. The van der Waals surface area contributed by atoms with E-state index < -0.39 is 0 Å². The number of rotatable bonds is 5. The van der Waals surface area contributed by atoms with Crippen molar-refractivity contribution in [2.24, 2.45) is 5.92 Å². The van der Waals surface area contributed by atoms with Gasteiger partial charge in [-0.05, 0) is 43.5 Å². The summed E-state index contributed by atoms with van der Waals surface area (Å²) in [7, 11) is 0. The number of piperidine rings is 1. The van der Waals surface area contributed by atoms with Gasteiger partial charge in [-0.15, -0.1) is 0 Å². The Kier molecular flexibility index (Phi) is 5.34. The van der Waals surface area contributed by atoms with Crippen molar-refractivity contribution in [1.29, 1.82) is 0 Å². The van der Waals surface area contributed by atoms with Gasteiger partial charge in [-0.2, -0.15) is 0 Å². The van der Waals surface area contributed by atoms with E-state index in [0.717, 1.165) is 19.0 Å². The molecule has 2 atom stereocenters. The molecule has 1 fully saturated rings. The van der Waals surface area contributed by atoms with Gasteiger partial charge in [0.15, 0.2) is 0 Å². The van der Waals surface area contributed by atoms with Crippen LogP contribution >= 0.6 is 0 Å². The van der Waals surface area contributed by atoms with Crippen LogP contribution in [0.3, 0.4) is 0 Å². The molecule has 1 saturated heterocycles. The molecule has 1 aromatic heterocycles. The monoisotopic (exact) mass is 261 g/mol. The summed E-state index contributed by atoms with van der Waals surface area (Å²) < 4.78 is 0. The average molecular weight is 261 g/mol. The minimum absolute atomic E-state index is 0.710. The molecular formula is C16H27N3. The zero-order chi connectivity index (χ0) is 13.7. The number of likely N-dealkylation sites (tertiary alicyclic amines) is 1. The molecule has 2 rings (SSSR count). The third-order valence-electron chi connectivity index (χ3n) is 4.15. The van der Waals surface area contributed by atoms with Gasteiger partial charge < -0.3 is 5.32 Å². The Morgan fingerprint density at radius 1 is 1.37 bits per heavy atom. The lowest BCUT2D eigenvalue weighted by Gasteiger charge is -2.38. The Labute approximate surface area is 117 Å². The molecule has 2 heterocycles. The molecule has 1 aromatic rings. The normalized spacial score (nSPS) is 24.6. The minimum Gasteiger partial charge on any atom is -0.314 e. The molecule has 0 radical (unpaired) electrons. The molecule has 0 aromatic carbocycles. The van der Waals surface area contributed by atoms with Gasteiger partial charge in [0.1, 0.15) is 0 Å². The molecule has 0 bridgehead atoms. The molecule has 0 spiro atoms. The molecule has 0 amide bonds. The SMILES string of the molecule is CCNC1CCN(Cc2cncc(C)c2)CC1CC. The second-order valence-electron chi connectivity index (χ2n) is 5.73. The highest BCUT2D eigenvalue weighted by Crippen LogP contribution is 2.21. The van der Waals surface area contributed by atoms with Gasteiger partial charge in [-0.1, -0.05) is 26.3 Å². The number of aromatic nitrogens is 1. The highest BCUT2D eigenvalue weighted by Gasteiger charge is 2.27. The highest BCUT2D eigenvalue weighted by molar-refractivity contribution is 5.16. The van der Waals surface area contributed by atoms with E-state index in [1.807, 2.05) is 12.4 Å². The molecule has 1 aliphatic rings. The van der Waals surface area contributed by atoms with Crippen molar-refractivity contribution in [3.8, 4) is 0 Å². The summed E-state index contributed by atoms with van der Waals surface area (Å²) in [4.78, 5) is 6.88. The van der Waals surface area contributed by atoms with Crippen LogP contribution in [-0.2, 0) is 6.54 Å². The molecular weight excluding hydrogens is 234 g/mol. The van der Waals surface area contributed by atoms with Crippen molar-refractivity contribution in [2.45, 2.75) is 46.2 Å². The van der Waals surface area contributed by atoms with Crippen LogP contribution in [0.2, 0.25) is 0 Å². The fraction of sp³-hybridized carbons (Fsp3) is 0.688. The summed E-state index contributed by atoms with van der Waals surface area (Å²) in [6.07, 6.45) is 6.46. The highest BCUT2D eigenvalue weighted by atomic mass is 15.1. The largest absolute Gasteiger partial charge is 0.314 e. The molecule has 2 unspecified atom stereocenters. The fourth-order valence-electron chi connectivity index (χ4n) is 3.16. The van der Waals surface area contributed by atoms with Crippen LogP contribution in [0, 0.1) is 12.8 Å². The second-order valence-corrected chi connectivity index (χ2v) is 5.73. The lowest BCUT2D eigenvalue weighted by molar-refractivity contribution is 0.129. The van der Waals surface area contributed by atoms with Crippen LogP contribution in [-0.4, -0.2) is 35.6 Å². The Morgan fingerprint density at radius 2 is 2.21 bits per heavy atom. The lowest BCUT2D eigenvalue weighted by Crippen LogP contribution is -2.48. The summed E-state index contributed by atoms with van der Waals surface area (Å²) in [5.74, 6) is 0.784. The first-order chi connectivity index (χ1) is 9.22. The number of aryl methyl sites for hydroxylation is 1. The minimum atomic E-state index is 0.710. The number of nitrogens with zero attached hydrogens (tertiary/aromatic N) is 2. The first kappa shape index (κ1) is 14.5. The van der Waals surface area contributed by atoms with Gasteiger partial charge in [0.05, 0.1) is 0 Å². The van der Waals surface area contributed by atoms with Crippen molar-refractivity contribution in [3.05, 3.63) is 29.6 Å². The van der Waals surface area contributed by atoms with Gasteiger partial charge in [-0.3, -0.25) is 9.88 Å². The first-order valence-corrected chi connectivity index (χ1v) is 7.59. The molecule has 3 nitrogen and oxygen atoms in total. The summed E-state index contributed by atoms with van der Waals surface area (Å²) in [5, 5.41) is 3.64. The van der Waals surface area contributed by atoms with Crippen molar-refractivity contribution in [2.75, 3.05) is 19.6 Å². The van der Waals surface area contributed by atoms with Crippen LogP contribution in [0.1, 0.15) is 37.8 Å². The maximum atomic E-state index is 4.29. The lowest BCUT2D eigenvalue weighted by atomic mass is 9.89. The fourth-order valence-corrected chi connectivity index (χ4v) is 3.16. The van der Waals surface area contributed by atoms with E-state index in [4.69, 9.17) is 0 Å². The smallest absolute Gasteiger partial charge is 0.0313 e. The van der Waals surface area contributed by atoms with Crippen molar-refractivity contribution >= 4 is 0 Å². The zero-order valence-corrected chi connectivity index (χ0v) is 12.5. The third-order valence-corrected chi connectivity index (χ3v) is 4.15. The molecule has 1 N–H and O–H groups in total. The van der Waals surface area contributed by atoms with Gasteiger partial charge in [0, 0.05) is 31.5 Å². The summed E-state index contributed by atoms with van der Waals surface area (Å²) in [6, 6.07) is 2.96. The van der Waals surface area contributed by atoms with E-state index in [9.17, 15) is 0 Å². The number of pyridine rings is 1. The van der Waals surface area contributed by atoms with Crippen LogP contribution in [0.15, 0.2) is 18.5 Å². The molecule has 3 heteroatoms. The maximum Gasteiger partial charge on any atom is 0.0313 e. The quantitative estimate of drug-likeness (QED) is 0.883. The van der Waals surface area contributed by atoms with E-state index in [1.54, 1.807) is 0 Å². The average Bonchev–Trinajstić information content (AvgIpc) is 2.41. The second kappa shape index (κ2) is 7.01. The van der Waals surface area contributed by atoms with Crippen molar-refractivity contribution in [1.82, 2.24) is 15.2 Å². The standard InChI is InChI=1S/C16H27N3/c1-4-15-12-19(7-6-16(15)18-5-2)11-14-8-13(3)9-17-10-14/h8-10,15-16,18H,4-7,11-12H2,1-3H3. The number of hydrogen-bond donors (Lipinski definition) is 1. The van der Waals surface area contributed by atoms with E-state index in [0.29, 0.717) is 6.04 Å². The van der Waals surface area contributed by atoms with Gasteiger partial charge in [0.25, 0.3) is 0 Å². The Morgan fingerprint density at radius 3 is 2.89 bits per heavy atom. The summed E-state index contributed by atoms with van der Waals surface area (Å²) in [5.41, 5.74) is 2.60. The molecule has 1 aliphatic heterocycles. The van der Waals surface area contributed by atoms with Crippen molar-refractivity contribution < 1.29 is 0 Å². The Hall–Kier alpha value is -0.930. The Bertz CT molecular complexity index is 391. The number of hydrogen-bond acceptors (Lipinski definition) is 3. The van der Waals surface area contributed by atoms with Crippen LogP contribution < -0.4 is 5.32 Å². The maximum absolute atomic E-state index is 4.29. The predicted octanol–water partition coefficient (Wildman–Crippen LogP) is 2.60. The van der Waals surface area contributed by atoms with Crippen LogP contribution in [0.5, 0.6) is 0 Å². The molecule has 0 aliphatic carbocycles. The predicted molar refractivity (Wildman–Crippen MR) is 80.1 cm³/mol. The summed E-state index contributed by atoms with van der Waals surface area (Å²) in [6.45, 7) is 11.2.